The summed E-state index contributed by atoms with van der Waals surface area (Å²) >= 11 is 0. The summed E-state index contributed by atoms with van der Waals surface area (Å²) in [6.07, 6.45) is 0. The van der Waals surface area contributed by atoms with Gasteiger partial charge in [-0.1, -0.05) is 6.92 Å². The minimum absolute atomic E-state index is 0.197. The molecule has 0 spiro atoms. The first-order valence-electron chi connectivity index (χ1n) is 6.81. The van der Waals surface area contributed by atoms with Crippen molar-refractivity contribution in [3.05, 3.63) is 0 Å². The van der Waals surface area contributed by atoms with E-state index in [1.165, 1.54) is 0 Å². The fraction of sp³-hybridized carbons (Fsp3) is 0.857. The molecule has 0 bridgehead atoms. The Morgan fingerprint density at radius 2 is 1.89 bits per heavy atom. The number of Topliss-reactive ketones (excluding diaryl/α,β-unsaturated/α-hetero) is 1. The van der Waals surface area contributed by atoms with E-state index in [9.17, 15) is 9.59 Å². The third-order valence-electron chi connectivity index (χ3n) is 2.84. The van der Waals surface area contributed by atoms with Crippen LogP contribution >= 0.6 is 0 Å². The molecule has 1 atom stereocenters. The van der Waals surface area contributed by atoms with E-state index in [1.807, 2.05) is 27.7 Å². The van der Waals surface area contributed by atoms with Crippen molar-refractivity contribution in [3.8, 4) is 0 Å². The summed E-state index contributed by atoms with van der Waals surface area (Å²) in [7, 11) is 0. The Balaban J connectivity index is 0.000000399. The van der Waals surface area contributed by atoms with Crippen LogP contribution in [0, 0.1) is 5.92 Å². The van der Waals surface area contributed by atoms with Crippen molar-refractivity contribution in [3.63, 3.8) is 0 Å². The molecule has 0 amide bonds. The Kier molecular flexibility index (Phi) is 8.59. The highest BCUT2D eigenvalue weighted by atomic mass is 16.5. The topological polar surface area (TPSA) is 58.6 Å². The molecular formula is C14H28N2O3. The van der Waals surface area contributed by atoms with Crippen LogP contribution in [-0.2, 0) is 14.3 Å². The summed E-state index contributed by atoms with van der Waals surface area (Å²) in [5.41, 5.74) is -0.318. The molecule has 0 unspecified atom stereocenters. The first-order chi connectivity index (χ1) is 8.76. The van der Waals surface area contributed by atoms with Crippen molar-refractivity contribution >= 4 is 12.3 Å². The van der Waals surface area contributed by atoms with Gasteiger partial charge >= 0.3 is 0 Å². The molecule has 0 aromatic rings. The zero-order chi connectivity index (χ0) is 14.9. The highest BCUT2D eigenvalue weighted by Crippen LogP contribution is 2.03. The minimum Gasteiger partial charge on any atom is -0.462 e. The average Bonchev–Trinajstić information content (AvgIpc) is 2.29. The number of nitrogens with one attached hydrogen (secondary N) is 1. The quantitative estimate of drug-likeness (QED) is 0.776. The second-order valence-electron chi connectivity index (χ2n) is 5.89. The van der Waals surface area contributed by atoms with Crippen LogP contribution in [0.25, 0.3) is 0 Å². The number of rotatable bonds is 4. The highest BCUT2D eigenvalue weighted by Gasteiger charge is 2.15. The maximum atomic E-state index is 11.0. The second-order valence-corrected chi connectivity index (χ2v) is 5.89. The molecule has 1 aliphatic heterocycles. The summed E-state index contributed by atoms with van der Waals surface area (Å²) in [5, 5.41) is 3.29. The summed E-state index contributed by atoms with van der Waals surface area (Å²) in [6, 6.07) is 0. The molecule has 1 N–H and O–H groups in total. The Morgan fingerprint density at radius 3 is 2.21 bits per heavy atom. The fourth-order valence-electron chi connectivity index (χ4n) is 1.55. The van der Waals surface area contributed by atoms with Gasteiger partial charge in [0.1, 0.15) is 11.4 Å². The van der Waals surface area contributed by atoms with Crippen molar-refractivity contribution < 1.29 is 14.3 Å². The Hall–Kier alpha value is -0.940. The molecule has 1 fully saturated rings. The number of ether oxygens (including phenoxy) is 1. The number of nitrogens with zero attached hydrogens (tertiary/aromatic N) is 1. The van der Waals surface area contributed by atoms with E-state index >= 15 is 0 Å². The van der Waals surface area contributed by atoms with Crippen LogP contribution in [0.3, 0.4) is 0 Å². The van der Waals surface area contributed by atoms with Crippen molar-refractivity contribution in [2.24, 2.45) is 5.92 Å². The SMILES string of the molecule is CC(=O)[C@H](C)CN1CCNCC1.CC(C)(C)OC=O. The molecule has 1 saturated heterocycles. The third-order valence-corrected chi connectivity index (χ3v) is 2.84. The van der Waals surface area contributed by atoms with E-state index < -0.39 is 0 Å². The molecule has 112 valence electrons. The first-order valence-corrected chi connectivity index (χ1v) is 6.81. The molecule has 5 nitrogen and oxygen atoms in total. The van der Waals surface area contributed by atoms with Crippen LogP contribution in [-0.4, -0.2) is 55.5 Å². The predicted octanol–water partition coefficient (Wildman–Crippen LogP) is 1.07. The second kappa shape index (κ2) is 9.04. The molecular weight excluding hydrogens is 244 g/mol. The molecule has 19 heavy (non-hydrogen) atoms. The molecule has 0 radical (unpaired) electrons. The van der Waals surface area contributed by atoms with E-state index in [4.69, 9.17) is 0 Å². The molecule has 5 heteroatoms. The standard InChI is InChI=1S/C9H18N2O.C5H10O2/c1-8(9(2)12)7-11-5-3-10-4-6-11;1-5(2,3)7-4-6/h8,10H,3-7H2,1-2H3;4H,1-3H3/t8-;/m1./s1. The molecule has 0 saturated carbocycles. The Labute approximate surface area is 116 Å². The van der Waals surface area contributed by atoms with Crippen molar-refractivity contribution in [1.82, 2.24) is 10.2 Å². The van der Waals surface area contributed by atoms with Crippen molar-refractivity contribution in [2.75, 3.05) is 32.7 Å². The number of carbonyl (C=O) groups is 2. The van der Waals surface area contributed by atoms with Gasteiger partial charge in [-0.15, -0.1) is 0 Å². The van der Waals surface area contributed by atoms with Gasteiger partial charge in [0, 0.05) is 38.6 Å². The van der Waals surface area contributed by atoms with Gasteiger partial charge in [0.25, 0.3) is 6.47 Å². The summed E-state index contributed by atoms with van der Waals surface area (Å²) in [5.74, 6) is 0.497. The lowest BCUT2D eigenvalue weighted by Crippen LogP contribution is -2.45. The number of carbonyl (C=O) groups excluding carboxylic acids is 2. The summed E-state index contributed by atoms with van der Waals surface area (Å²) < 4.78 is 4.55. The van der Waals surface area contributed by atoms with Crippen LogP contribution in [0.15, 0.2) is 0 Å². The highest BCUT2D eigenvalue weighted by molar-refractivity contribution is 5.78. The largest absolute Gasteiger partial charge is 0.462 e. The summed E-state index contributed by atoms with van der Waals surface area (Å²) in [6.45, 7) is 14.8. The fourth-order valence-corrected chi connectivity index (χ4v) is 1.55. The Bertz CT molecular complexity index is 268. The molecule has 0 aromatic heterocycles. The Morgan fingerprint density at radius 1 is 1.37 bits per heavy atom. The molecule has 1 heterocycles. The maximum Gasteiger partial charge on any atom is 0.293 e. The lowest BCUT2D eigenvalue weighted by molar-refractivity contribution is -0.138. The number of piperazine rings is 1. The maximum absolute atomic E-state index is 11.0. The molecule has 1 aliphatic rings. The van der Waals surface area contributed by atoms with Crippen molar-refractivity contribution in [1.29, 1.82) is 0 Å². The van der Waals surface area contributed by atoms with E-state index in [1.54, 1.807) is 6.92 Å². The lowest BCUT2D eigenvalue weighted by atomic mass is 10.1. The normalized spacial score (nSPS) is 17.9. The van der Waals surface area contributed by atoms with Gasteiger partial charge in [-0.25, -0.2) is 0 Å². The number of ketones is 1. The van der Waals surface area contributed by atoms with Crippen molar-refractivity contribution in [2.45, 2.75) is 40.2 Å². The van der Waals surface area contributed by atoms with Crippen LogP contribution in [0.1, 0.15) is 34.6 Å². The van der Waals surface area contributed by atoms with Crippen LogP contribution in [0.2, 0.25) is 0 Å². The molecule has 0 aromatic carbocycles. The first kappa shape index (κ1) is 18.1. The third kappa shape index (κ3) is 10.7. The zero-order valence-electron chi connectivity index (χ0n) is 12.9. The smallest absolute Gasteiger partial charge is 0.293 e. The van der Waals surface area contributed by atoms with Gasteiger partial charge in [-0.3, -0.25) is 9.59 Å². The number of hydrogen-bond donors (Lipinski definition) is 1. The van der Waals surface area contributed by atoms with E-state index in [0.29, 0.717) is 12.3 Å². The predicted molar refractivity (Wildman–Crippen MR) is 76.1 cm³/mol. The zero-order valence-corrected chi connectivity index (χ0v) is 12.9. The average molecular weight is 272 g/mol. The van der Waals surface area contributed by atoms with Gasteiger partial charge in [-0.2, -0.15) is 0 Å². The molecule has 0 aliphatic carbocycles. The van der Waals surface area contributed by atoms with Crippen LogP contribution in [0.5, 0.6) is 0 Å². The summed E-state index contributed by atoms with van der Waals surface area (Å²) in [4.78, 5) is 22.9. The van der Waals surface area contributed by atoms with E-state index in [-0.39, 0.29) is 11.5 Å². The van der Waals surface area contributed by atoms with E-state index in [0.717, 1.165) is 32.7 Å². The van der Waals surface area contributed by atoms with Gasteiger partial charge < -0.3 is 15.0 Å². The number of hydrogen-bond acceptors (Lipinski definition) is 5. The molecule has 1 rings (SSSR count). The van der Waals surface area contributed by atoms with Gasteiger partial charge in [0.05, 0.1) is 0 Å². The monoisotopic (exact) mass is 272 g/mol. The van der Waals surface area contributed by atoms with E-state index in [2.05, 4.69) is 15.0 Å². The van der Waals surface area contributed by atoms with Gasteiger partial charge in [0.15, 0.2) is 0 Å². The van der Waals surface area contributed by atoms with Gasteiger partial charge in [0.2, 0.25) is 0 Å². The van der Waals surface area contributed by atoms with Gasteiger partial charge in [-0.05, 0) is 27.7 Å². The minimum atomic E-state index is -0.318. The van der Waals surface area contributed by atoms with Crippen LogP contribution < -0.4 is 5.32 Å². The lowest BCUT2D eigenvalue weighted by Gasteiger charge is -2.28. The van der Waals surface area contributed by atoms with Crippen LogP contribution in [0.4, 0.5) is 0 Å².